The minimum Gasteiger partial charge on any atom is -0.465 e. The Labute approximate surface area is 131 Å². The number of hydrogen-bond donors (Lipinski definition) is 1. The van der Waals surface area contributed by atoms with Crippen molar-refractivity contribution in [1.82, 2.24) is 5.32 Å². The SMILES string of the molecule is C[C@H](NC(=O)/C=C/c1ccco1)c1cc(F)c(Cl)cc1Cl. The smallest absolute Gasteiger partial charge is 0.244 e. The molecule has 0 unspecified atom stereocenters. The van der Waals surface area contributed by atoms with Gasteiger partial charge in [0.15, 0.2) is 0 Å². The molecule has 0 aliphatic heterocycles. The Morgan fingerprint density at radius 3 is 2.81 bits per heavy atom. The van der Waals surface area contributed by atoms with E-state index in [0.717, 1.165) is 0 Å². The van der Waals surface area contributed by atoms with E-state index in [1.54, 1.807) is 19.1 Å². The molecule has 0 fully saturated rings. The van der Waals surface area contributed by atoms with Crippen molar-refractivity contribution in [3.63, 3.8) is 0 Å². The van der Waals surface area contributed by atoms with Gasteiger partial charge in [-0.1, -0.05) is 23.2 Å². The van der Waals surface area contributed by atoms with Crippen LogP contribution in [0.1, 0.15) is 24.3 Å². The van der Waals surface area contributed by atoms with Gasteiger partial charge in [0.05, 0.1) is 17.3 Å². The summed E-state index contributed by atoms with van der Waals surface area (Å²) in [5.41, 5.74) is 0.457. The van der Waals surface area contributed by atoms with Crippen molar-refractivity contribution in [3.8, 4) is 0 Å². The van der Waals surface area contributed by atoms with Crippen LogP contribution in [0.25, 0.3) is 6.08 Å². The third-order valence-electron chi connectivity index (χ3n) is 2.81. The highest BCUT2D eigenvalue weighted by molar-refractivity contribution is 6.35. The molecule has 2 rings (SSSR count). The van der Waals surface area contributed by atoms with Crippen LogP contribution in [0.2, 0.25) is 10.0 Å². The predicted octanol–water partition coefficient (Wildman–Crippen LogP) is 4.62. The molecule has 0 aliphatic rings. The van der Waals surface area contributed by atoms with Crippen molar-refractivity contribution < 1.29 is 13.6 Å². The van der Waals surface area contributed by atoms with E-state index in [2.05, 4.69) is 5.32 Å². The van der Waals surface area contributed by atoms with Gasteiger partial charge < -0.3 is 9.73 Å². The van der Waals surface area contributed by atoms with E-state index in [9.17, 15) is 9.18 Å². The zero-order valence-electron chi connectivity index (χ0n) is 11.1. The second kappa shape index (κ2) is 6.78. The summed E-state index contributed by atoms with van der Waals surface area (Å²) in [5, 5.41) is 2.92. The van der Waals surface area contributed by atoms with Gasteiger partial charge in [0.1, 0.15) is 11.6 Å². The molecular formula is C15H12Cl2FNO2. The Morgan fingerprint density at radius 1 is 1.38 bits per heavy atom. The lowest BCUT2D eigenvalue weighted by atomic mass is 10.1. The Bertz CT molecular complexity index is 669. The lowest BCUT2D eigenvalue weighted by Crippen LogP contribution is -2.25. The fourth-order valence-electron chi connectivity index (χ4n) is 1.75. The van der Waals surface area contributed by atoms with Crippen molar-refractivity contribution in [2.75, 3.05) is 0 Å². The largest absolute Gasteiger partial charge is 0.465 e. The number of amides is 1. The van der Waals surface area contributed by atoms with Gasteiger partial charge >= 0.3 is 0 Å². The Balaban J connectivity index is 2.06. The molecule has 21 heavy (non-hydrogen) atoms. The van der Waals surface area contributed by atoms with Crippen LogP contribution in [0.5, 0.6) is 0 Å². The number of halogens is 3. The van der Waals surface area contributed by atoms with E-state index in [1.807, 2.05) is 0 Å². The number of benzene rings is 1. The molecule has 1 heterocycles. The summed E-state index contributed by atoms with van der Waals surface area (Å²) in [6.07, 6.45) is 4.37. The van der Waals surface area contributed by atoms with E-state index in [-0.39, 0.29) is 10.9 Å². The monoisotopic (exact) mass is 327 g/mol. The molecule has 6 heteroatoms. The van der Waals surface area contributed by atoms with Gasteiger partial charge in [0.2, 0.25) is 5.91 Å². The molecule has 0 bridgehead atoms. The van der Waals surface area contributed by atoms with Gasteiger partial charge in [-0.25, -0.2) is 4.39 Å². The normalized spacial score (nSPS) is 12.6. The maximum absolute atomic E-state index is 13.5. The van der Waals surface area contributed by atoms with Crippen molar-refractivity contribution in [2.45, 2.75) is 13.0 Å². The topological polar surface area (TPSA) is 42.2 Å². The Morgan fingerprint density at radius 2 is 2.14 bits per heavy atom. The number of nitrogens with one attached hydrogen (secondary N) is 1. The minimum atomic E-state index is -0.580. The third-order valence-corrected chi connectivity index (χ3v) is 3.42. The van der Waals surface area contributed by atoms with Crippen LogP contribution in [-0.4, -0.2) is 5.91 Å². The molecule has 1 atom stereocenters. The highest BCUT2D eigenvalue weighted by atomic mass is 35.5. The second-order valence-corrected chi connectivity index (χ2v) is 5.18. The number of furan rings is 1. The van der Waals surface area contributed by atoms with Crippen LogP contribution in [0.3, 0.4) is 0 Å². The number of rotatable bonds is 4. The molecule has 0 radical (unpaired) electrons. The summed E-state index contributed by atoms with van der Waals surface area (Å²) >= 11 is 11.6. The van der Waals surface area contributed by atoms with Crippen LogP contribution < -0.4 is 5.32 Å². The number of carbonyl (C=O) groups excluding carboxylic acids is 1. The highest BCUT2D eigenvalue weighted by Gasteiger charge is 2.14. The molecule has 0 spiro atoms. The molecule has 1 aromatic carbocycles. The van der Waals surface area contributed by atoms with E-state index in [1.165, 1.54) is 30.5 Å². The predicted molar refractivity (Wildman–Crippen MR) is 80.7 cm³/mol. The zero-order chi connectivity index (χ0) is 15.4. The standard InChI is InChI=1S/C15H12Cl2FNO2/c1-9(11-7-14(18)13(17)8-12(11)16)19-15(20)5-4-10-3-2-6-21-10/h2-9H,1H3,(H,19,20)/b5-4+/t9-/m0/s1. The molecule has 0 saturated carbocycles. The van der Waals surface area contributed by atoms with Crippen molar-refractivity contribution in [3.05, 3.63) is 63.8 Å². The molecule has 110 valence electrons. The van der Waals surface area contributed by atoms with Gasteiger partial charge in [-0.2, -0.15) is 0 Å². The lowest BCUT2D eigenvalue weighted by molar-refractivity contribution is -0.117. The quantitative estimate of drug-likeness (QED) is 0.657. The first-order chi connectivity index (χ1) is 9.97. The molecule has 1 amide bonds. The van der Waals surface area contributed by atoms with Gasteiger partial charge in [-0.3, -0.25) is 4.79 Å². The van der Waals surface area contributed by atoms with Crippen LogP contribution >= 0.6 is 23.2 Å². The Kier molecular flexibility index (Phi) is 5.04. The first kappa shape index (κ1) is 15.6. The fourth-order valence-corrected chi connectivity index (χ4v) is 2.30. The first-order valence-corrected chi connectivity index (χ1v) is 6.89. The van der Waals surface area contributed by atoms with Crippen LogP contribution in [0.4, 0.5) is 4.39 Å². The summed E-state index contributed by atoms with van der Waals surface area (Å²) in [7, 11) is 0. The van der Waals surface area contributed by atoms with Crippen molar-refractivity contribution in [2.24, 2.45) is 0 Å². The molecule has 1 aromatic heterocycles. The maximum atomic E-state index is 13.5. The summed E-state index contributed by atoms with van der Waals surface area (Å²) in [4.78, 5) is 11.8. The van der Waals surface area contributed by atoms with Crippen molar-refractivity contribution in [1.29, 1.82) is 0 Å². The second-order valence-electron chi connectivity index (χ2n) is 4.37. The highest BCUT2D eigenvalue weighted by Crippen LogP contribution is 2.28. The average Bonchev–Trinajstić information content (AvgIpc) is 2.93. The maximum Gasteiger partial charge on any atom is 0.244 e. The first-order valence-electron chi connectivity index (χ1n) is 6.14. The van der Waals surface area contributed by atoms with Gasteiger partial charge in [-0.05, 0) is 42.8 Å². The molecule has 2 aromatic rings. The van der Waals surface area contributed by atoms with E-state index >= 15 is 0 Å². The van der Waals surface area contributed by atoms with Crippen LogP contribution in [-0.2, 0) is 4.79 Å². The van der Waals surface area contributed by atoms with E-state index < -0.39 is 11.9 Å². The zero-order valence-corrected chi connectivity index (χ0v) is 12.6. The minimum absolute atomic E-state index is 0.0556. The van der Waals surface area contributed by atoms with Gasteiger partial charge in [0.25, 0.3) is 0 Å². The molecule has 0 aliphatic carbocycles. The van der Waals surface area contributed by atoms with Crippen molar-refractivity contribution >= 4 is 35.2 Å². The van der Waals surface area contributed by atoms with E-state index in [4.69, 9.17) is 27.6 Å². The summed E-state index contributed by atoms with van der Waals surface area (Å²) in [6.45, 7) is 1.70. The molecule has 0 saturated heterocycles. The number of hydrogen-bond acceptors (Lipinski definition) is 2. The van der Waals surface area contributed by atoms with Crippen LogP contribution in [0, 0.1) is 5.82 Å². The Hall–Kier alpha value is -1.78. The fraction of sp³-hybridized carbons (Fsp3) is 0.133. The summed E-state index contributed by atoms with van der Waals surface area (Å²) < 4.78 is 18.5. The third kappa shape index (κ3) is 4.09. The molecule has 1 N–H and O–H groups in total. The molecular weight excluding hydrogens is 316 g/mol. The van der Waals surface area contributed by atoms with Crippen LogP contribution in [0.15, 0.2) is 41.0 Å². The van der Waals surface area contributed by atoms with Gasteiger partial charge in [0, 0.05) is 11.1 Å². The van der Waals surface area contributed by atoms with E-state index in [0.29, 0.717) is 16.3 Å². The molecule has 3 nitrogen and oxygen atoms in total. The summed E-state index contributed by atoms with van der Waals surface area (Å²) in [5.74, 6) is -0.359. The lowest BCUT2D eigenvalue weighted by Gasteiger charge is -2.15. The average molecular weight is 328 g/mol. The number of carbonyl (C=O) groups is 1. The van der Waals surface area contributed by atoms with Gasteiger partial charge in [-0.15, -0.1) is 0 Å². The summed E-state index contributed by atoms with van der Waals surface area (Å²) in [6, 6.07) is 5.51.